The van der Waals surface area contributed by atoms with Gasteiger partial charge in [-0.2, -0.15) is 5.10 Å². The molecule has 0 radical (unpaired) electrons. The second-order valence-corrected chi connectivity index (χ2v) is 7.46. The van der Waals surface area contributed by atoms with E-state index in [-0.39, 0.29) is 22.1 Å². The number of nitrogens with zero attached hydrogens (tertiary/aromatic N) is 2. The van der Waals surface area contributed by atoms with Crippen LogP contribution in [-0.4, -0.2) is 30.0 Å². The number of sulfonamides is 1. The van der Waals surface area contributed by atoms with Crippen LogP contribution < -0.4 is 15.6 Å². The maximum atomic E-state index is 12.4. The first kappa shape index (κ1) is 20.3. The Balaban J connectivity index is 2.18. The fourth-order valence-electron chi connectivity index (χ4n) is 2.19. The number of aromatic nitrogens is 2. The van der Waals surface area contributed by atoms with E-state index in [1.807, 2.05) is 11.6 Å². The lowest BCUT2D eigenvalue weighted by Gasteiger charge is -2.09. The lowest BCUT2D eigenvalue weighted by molar-refractivity contribution is -0.114. The summed E-state index contributed by atoms with van der Waals surface area (Å²) in [6, 6.07) is 7.68. The van der Waals surface area contributed by atoms with Crippen LogP contribution in [0.3, 0.4) is 0 Å². The van der Waals surface area contributed by atoms with Gasteiger partial charge in [-0.3, -0.25) is 14.4 Å². The first-order valence-electron chi connectivity index (χ1n) is 8.26. The van der Waals surface area contributed by atoms with Crippen molar-refractivity contribution in [1.29, 1.82) is 0 Å². The number of unbranched alkanes of at least 4 members (excludes halogenated alkanes) is 1. The molecule has 0 aliphatic heterocycles. The van der Waals surface area contributed by atoms with Gasteiger partial charge in [-0.05, 0) is 36.8 Å². The van der Waals surface area contributed by atoms with E-state index in [1.165, 1.54) is 43.3 Å². The van der Waals surface area contributed by atoms with Gasteiger partial charge in [0.1, 0.15) is 5.69 Å². The van der Waals surface area contributed by atoms with Crippen molar-refractivity contribution in [3.63, 3.8) is 0 Å². The number of benzene rings is 1. The normalized spacial score (nSPS) is 11.0. The molecule has 10 heteroatoms. The number of rotatable bonds is 7. The molecular weight excluding hydrogens is 372 g/mol. The van der Waals surface area contributed by atoms with Gasteiger partial charge in [-0.1, -0.05) is 13.3 Å². The molecule has 9 nitrogen and oxygen atoms in total. The Morgan fingerprint density at radius 1 is 1.11 bits per heavy atom. The number of hydrogen-bond donors (Lipinski definition) is 2. The minimum Gasteiger partial charge on any atom is -0.326 e. The third kappa shape index (κ3) is 5.48. The summed E-state index contributed by atoms with van der Waals surface area (Å²) in [7, 11) is -4.13. The Kier molecular flexibility index (Phi) is 6.45. The fourth-order valence-corrected chi connectivity index (χ4v) is 3.15. The highest BCUT2D eigenvalue weighted by molar-refractivity contribution is 7.90. The highest BCUT2D eigenvalue weighted by atomic mass is 32.2. The Morgan fingerprint density at radius 2 is 1.78 bits per heavy atom. The van der Waals surface area contributed by atoms with Crippen molar-refractivity contribution in [2.24, 2.45) is 0 Å². The van der Waals surface area contributed by atoms with Gasteiger partial charge in [0.05, 0.1) is 4.90 Å². The Morgan fingerprint density at radius 3 is 2.37 bits per heavy atom. The van der Waals surface area contributed by atoms with Crippen molar-refractivity contribution in [3.8, 4) is 0 Å². The highest BCUT2D eigenvalue weighted by Gasteiger charge is 2.20. The minimum absolute atomic E-state index is 0.149. The van der Waals surface area contributed by atoms with Gasteiger partial charge >= 0.3 is 0 Å². The van der Waals surface area contributed by atoms with E-state index in [4.69, 9.17) is 0 Å². The molecular formula is C17H20N4O5S. The molecule has 144 valence electrons. The molecule has 2 rings (SSSR count). The molecule has 0 aliphatic carbocycles. The van der Waals surface area contributed by atoms with E-state index in [0.29, 0.717) is 18.7 Å². The van der Waals surface area contributed by atoms with Crippen molar-refractivity contribution in [3.05, 3.63) is 52.4 Å². The number of carbonyl (C=O) groups is 2. The molecule has 0 fully saturated rings. The predicted octanol–water partition coefficient (Wildman–Crippen LogP) is 1.12. The number of hydrogen-bond acceptors (Lipinski definition) is 6. The van der Waals surface area contributed by atoms with Crippen LogP contribution in [-0.2, 0) is 21.4 Å². The Hall–Kier alpha value is -3.01. The molecule has 1 aromatic heterocycles. The monoisotopic (exact) mass is 392 g/mol. The molecule has 27 heavy (non-hydrogen) atoms. The first-order valence-corrected chi connectivity index (χ1v) is 9.74. The van der Waals surface area contributed by atoms with Crippen LogP contribution in [0, 0.1) is 0 Å². The second-order valence-electron chi connectivity index (χ2n) is 5.77. The van der Waals surface area contributed by atoms with Gasteiger partial charge < -0.3 is 5.32 Å². The number of carbonyl (C=O) groups excluding carboxylic acids is 2. The summed E-state index contributed by atoms with van der Waals surface area (Å²) in [5.41, 5.74) is -0.113. The molecule has 0 unspecified atom stereocenters. The first-order chi connectivity index (χ1) is 12.7. The second kappa shape index (κ2) is 8.58. The fraction of sp³-hybridized carbons (Fsp3) is 0.294. The maximum Gasteiger partial charge on any atom is 0.285 e. The molecule has 2 amide bonds. The number of nitrogens with one attached hydrogen (secondary N) is 2. The van der Waals surface area contributed by atoms with Crippen LogP contribution >= 0.6 is 0 Å². The average Bonchev–Trinajstić information content (AvgIpc) is 2.60. The molecule has 2 aromatic rings. The molecule has 0 aliphatic rings. The summed E-state index contributed by atoms with van der Waals surface area (Å²) in [5.74, 6) is -1.23. The van der Waals surface area contributed by atoms with E-state index in [9.17, 15) is 22.8 Å². The summed E-state index contributed by atoms with van der Waals surface area (Å²) < 4.78 is 27.8. The topological polar surface area (TPSA) is 127 Å². The molecule has 1 aromatic carbocycles. The van der Waals surface area contributed by atoms with Gasteiger partial charge in [-0.25, -0.2) is 17.8 Å². The minimum atomic E-state index is -4.13. The molecule has 0 saturated heterocycles. The van der Waals surface area contributed by atoms with Gasteiger partial charge in [0.15, 0.2) is 0 Å². The molecule has 0 spiro atoms. The third-order valence-corrected chi connectivity index (χ3v) is 4.88. The van der Waals surface area contributed by atoms with Crippen molar-refractivity contribution < 1.29 is 18.0 Å². The Labute approximate surface area is 156 Å². The van der Waals surface area contributed by atoms with Gasteiger partial charge in [-0.15, -0.1) is 0 Å². The van der Waals surface area contributed by atoms with Crippen LogP contribution in [0.15, 0.2) is 46.1 Å². The SMILES string of the molecule is CCCCn1nc(C(=O)NS(=O)(=O)c2ccc(NC(C)=O)cc2)ccc1=O. The molecule has 0 atom stereocenters. The number of anilines is 1. The molecule has 2 N–H and O–H groups in total. The van der Waals surface area contributed by atoms with Crippen molar-refractivity contribution in [2.75, 3.05) is 5.32 Å². The average molecular weight is 392 g/mol. The lowest BCUT2D eigenvalue weighted by atomic mass is 10.3. The van der Waals surface area contributed by atoms with Crippen LogP contribution in [0.4, 0.5) is 5.69 Å². The van der Waals surface area contributed by atoms with Crippen LogP contribution in [0.2, 0.25) is 0 Å². The highest BCUT2D eigenvalue weighted by Crippen LogP contribution is 2.14. The quantitative estimate of drug-likeness (QED) is 0.727. The zero-order valence-electron chi connectivity index (χ0n) is 14.9. The van der Waals surface area contributed by atoms with Crippen LogP contribution in [0.25, 0.3) is 0 Å². The van der Waals surface area contributed by atoms with Crippen molar-refractivity contribution in [2.45, 2.75) is 38.1 Å². The van der Waals surface area contributed by atoms with Crippen molar-refractivity contribution in [1.82, 2.24) is 14.5 Å². The third-order valence-electron chi connectivity index (χ3n) is 3.53. The van der Waals surface area contributed by atoms with Crippen LogP contribution in [0.1, 0.15) is 37.2 Å². The molecule has 1 heterocycles. The predicted molar refractivity (Wildman–Crippen MR) is 98.8 cm³/mol. The van der Waals surface area contributed by atoms with E-state index < -0.39 is 15.9 Å². The van der Waals surface area contributed by atoms with Gasteiger partial charge in [0.25, 0.3) is 21.5 Å². The Bertz CT molecular complexity index is 997. The number of aryl methyl sites for hydroxylation is 1. The van der Waals surface area contributed by atoms with E-state index >= 15 is 0 Å². The lowest BCUT2D eigenvalue weighted by Crippen LogP contribution is -2.33. The summed E-state index contributed by atoms with van der Waals surface area (Å²) in [4.78, 5) is 34.8. The summed E-state index contributed by atoms with van der Waals surface area (Å²) in [5, 5.41) is 6.43. The van der Waals surface area contributed by atoms with E-state index in [0.717, 1.165) is 11.1 Å². The zero-order chi connectivity index (χ0) is 20.0. The summed E-state index contributed by atoms with van der Waals surface area (Å²) in [6.07, 6.45) is 1.55. The summed E-state index contributed by atoms with van der Waals surface area (Å²) >= 11 is 0. The van der Waals surface area contributed by atoms with Gasteiger partial charge in [0, 0.05) is 25.2 Å². The maximum absolute atomic E-state index is 12.4. The van der Waals surface area contributed by atoms with Crippen LogP contribution in [0.5, 0.6) is 0 Å². The molecule has 0 saturated carbocycles. The largest absolute Gasteiger partial charge is 0.326 e. The van der Waals surface area contributed by atoms with Gasteiger partial charge in [0.2, 0.25) is 5.91 Å². The smallest absolute Gasteiger partial charge is 0.285 e. The standard InChI is InChI=1S/C17H20N4O5S/c1-3-4-11-21-16(23)10-9-15(19-21)17(24)20-27(25,26)14-7-5-13(6-8-14)18-12(2)22/h5-10H,3-4,11H2,1-2H3,(H,18,22)(H,20,24). The zero-order valence-corrected chi connectivity index (χ0v) is 15.7. The molecule has 0 bridgehead atoms. The van der Waals surface area contributed by atoms with Crippen molar-refractivity contribution >= 4 is 27.5 Å². The summed E-state index contributed by atoms with van der Waals surface area (Å²) in [6.45, 7) is 3.62. The van der Waals surface area contributed by atoms with E-state index in [1.54, 1.807) is 0 Å². The number of amides is 2. The van der Waals surface area contributed by atoms with E-state index in [2.05, 4.69) is 10.4 Å².